The number of carbonyl (C=O) groups is 1. The van der Waals surface area contributed by atoms with Crippen LogP contribution >= 0.6 is 0 Å². The van der Waals surface area contributed by atoms with E-state index in [1.54, 1.807) is 28.9 Å². The number of imidazole rings is 1. The average Bonchev–Trinajstić information content (AvgIpc) is 2.90. The number of nitrogens with one attached hydrogen (secondary N) is 2. The highest BCUT2D eigenvalue weighted by atomic mass is 32.2. The van der Waals surface area contributed by atoms with Gasteiger partial charge in [0.2, 0.25) is 16.0 Å². The Balaban J connectivity index is 1.78. The van der Waals surface area contributed by atoms with Gasteiger partial charge >= 0.3 is 0 Å². The molecule has 0 saturated heterocycles. The number of anilines is 2. The molecule has 1 amide bonds. The van der Waals surface area contributed by atoms with Gasteiger partial charge < -0.3 is 0 Å². The van der Waals surface area contributed by atoms with Gasteiger partial charge in [-0.05, 0) is 36.4 Å². The van der Waals surface area contributed by atoms with Crippen LogP contribution in [0.1, 0.15) is 10.4 Å². The second-order valence-corrected chi connectivity index (χ2v) is 6.73. The number of fused-ring (bicyclic) bond motifs is 1. The Morgan fingerprint density at radius 2 is 1.87 bits per heavy atom. The largest absolute Gasteiger partial charge is 0.292 e. The van der Waals surface area contributed by atoms with Crippen molar-refractivity contribution in [2.24, 2.45) is 0 Å². The van der Waals surface area contributed by atoms with Crippen LogP contribution in [0, 0.1) is 0 Å². The minimum absolute atomic E-state index is 0.327. The highest BCUT2D eigenvalue weighted by Crippen LogP contribution is 2.14. The van der Waals surface area contributed by atoms with Crippen molar-refractivity contribution in [2.75, 3.05) is 16.3 Å². The highest BCUT2D eigenvalue weighted by Gasteiger charge is 2.10. The van der Waals surface area contributed by atoms with Gasteiger partial charge in [0.1, 0.15) is 0 Å². The first-order chi connectivity index (χ1) is 10.9. The zero-order valence-corrected chi connectivity index (χ0v) is 13.0. The molecule has 23 heavy (non-hydrogen) atoms. The van der Waals surface area contributed by atoms with Crippen molar-refractivity contribution < 1.29 is 13.2 Å². The molecule has 118 valence electrons. The zero-order chi connectivity index (χ0) is 16.4. The van der Waals surface area contributed by atoms with Gasteiger partial charge in [-0.15, -0.1) is 0 Å². The number of nitrogens with zero attached hydrogens (tertiary/aromatic N) is 2. The fraction of sp³-hybridized carbons (Fsp3) is 0.0667. The summed E-state index contributed by atoms with van der Waals surface area (Å²) in [7, 11) is -3.34. The van der Waals surface area contributed by atoms with Gasteiger partial charge in [-0.1, -0.05) is 6.07 Å². The lowest BCUT2D eigenvalue weighted by molar-refractivity contribution is 0.102. The maximum absolute atomic E-state index is 12.2. The number of pyridine rings is 1. The summed E-state index contributed by atoms with van der Waals surface area (Å²) in [4.78, 5) is 16.4. The van der Waals surface area contributed by atoms with Crippen LogP contribution in [-0.4, -0.2) is 30.0 Å². The molecule has 0 spiro atoms. The van der Waals surface area contributed by atoms with Crippen LogP contribution in [-0.2, 0) is 10.0 Å². The number of sulfonamides is 1. The third-order valence-corrected chi connectivity index (χ3v) is 3.72. The molecule has 3 aromatic rings. The van der Waals surface area contributed by atoms with Crippen molar-refractivity contribution in [1.29, 1.82) is 0 Å². The smallest absolute Gasteiger partial charge is 0.257 e. The van der Waals surface area contributed by atoms with Crippen LogP contribution in [0.2, 0.25) is 0 Å². The Morgan fingerprint density at radius 1 is 1.13 bits per heavy atom. The van der Waals surface area contributed by atoms with E-state index in [2.05, 4.69) is 15.0 Å². The minimum Gasteiger partial charge on any atom is -0.292 e. The summed E-state index contributed by atoms with van der Waals surface area (Å²) in [6.07, 6.45) is 4.53. The minimum atomic E-state index is -3.34. The molecule has 3 rings (SSSR count). The molecule has 0 fully saturated rings. The molecular formula is C15H14N4O3S. The number of hydrogen-bond acceptors (Lipinski definition) is 4. The fourth-order valence-electron chi connectivity index (χ4n) is 2.11. The van der Waals surface area contributed by atoms with Crippen LogP contribution in [0.4, 0.5) is 11.6 Å². The first-order valence-corrected chi connectivity index (χ1v) is 8.63. The molecule has 7 nitrogen and oxygen atoms in total. The zero-order valence-electron chi connectivity index (χ0n) is 12.2. The van der Waals surface area contributed by atoms with Crippen LogP contribution in [0.15, 0.2) is 54.9 Å². The van der Waals surface area contributed by atoms with Gasteiger partial charge in [0.05, 0.1) is 18.0 Å². The predicted octanol–water partition coefficient (Wildman–Crippen LogP) is 1.96. The monoisotopic (exact) mass is 330 g/mol. The van der Waals surface area contributed by atoms with Crippen LogP contribution in [0.25, 0.3) is 5.52 Å². The molecule has 0 saturated carbocycles. The second kappa shape index (κ2) is 5.73. The lowest BCUT2D eigenvalue weighted by atomic mass is 10.2. The van der Waals surface area contributed by atoms with Crippen LogP contribution < -0.4 is 10.0 Å². The molecule has 0 unspecified atom stereocenters. The molecule has 0 radical (unpaired) electrons. The number of hydrogen-bond donors (Lipinski definition) is 2. The maximum Gasteiger partial charge on any atom is 0.257 e. The third-order valence-electron chi connectivity index (χ3n) is 3.11. The molecule has 0 aliphatic rings. The van der Waals surface area contributed by atoms with Crippen molar-refractivity contribution in [2.45, 2.75) is 0 Å². The second-order valence-electron chi connectivity index (χ2n) is 4.98. The Labute approximate surface area is 133 Å². The van der Waals surface area contributed by atoms with Crippen molar-refractivity contribution in [1.82, 2.24) is 9.38 Å². The molecule has 0 aliphatic carbocycles. The molecule has 0 aliphatic heterocycles. The van der Waals surface area contributed by atoms with Gasteiger partial charge in [-0.2, -0.15) is 0 Å². The van der Waals surface area contributed by atoms with Crippen molar-refractivity contribution in [3.8, 4) is 0 Å². The summed E-state index contributed by atoms with van der Waals surface area (Å²) >= 11 is 0. The standard InChI is InChI=1S/C15H14N4O3S/c1-23(21,22)18-12-7-5-11(6-8-12)14(20)17-15-16-10-13-4-2-3-9-19(13)15/h2-10,18H,1H3,(H,16,17,20). The summed E-state index contributed by atoms with van der Waals surface area (Å²) in [5, 5.41) is 2.72. The normalized spacial score (nSPS) is 11.3. The van der Waals surface area contributed by atoms with E-state index in [1.807, 2.05) is 18.2 Å². The summed E-state index contributed by atoms with van der Waals surface area (Å²) in [6.45, 7) is 0. The van der Waals surface area contributed by atoms with E-state index in [1.165, 1.54) is 12.1 Å². The summed E-state index contributed by atoms with van der Waals surface area (Å²) in [5.41, 5.74) is 1.67. The number of carbonyl (C=O) groups excluding carboxylic acids is 1. The highest BCUT2D eigenvalue weighted by molar-refractivity contribution is 7.92. The lowest BCUT2D eigenvalue weighted by Crippen LogP contribution is -2.14. The van der Waals surface area contributed by atoms with E-state index >= 15 is 0 Å². The van der Waals surface area contributed by atoms with E-state index < -0.39 is 10.0 Å². The lowest BCUT2D eigenvalue weighted by Gasteiger charge is -2.06. The van der Waals surface area contributed by atoms with Gasteiger partial charge in [0, 0.05) is 17.4 Å². The van der Waals surface area contributed by atoms with E-state index in [9.17, 15) is 13.2 Å². The van der Waals surface area contributed by atoms with Crippen LogP contribution in [0.3, 0.4) is 0 Å². The molecule has 0 bridgehead atoms. The molecule has 8 heteroatoms. The summed E-state index contributed by atoms with van der Waals surface area (Å²) in [5.74, 6) is 0.0937. The SMILES string of the molecule is CS(=O)(=O)Nc1ccc(C(=O)Nc2ncc3ccccn23)cc1. The predicted molar refractivity (Wildman–Crippen MR) is 88.1 cm³/mol. The van der Waals surface area contributed by atoms with Gasteiger partial charge in [0.15, 0.2) is 0 Å². The van der Waals surface area contributed by atoms with Gasteiger partial charge in [-0.25, -0.2) is 13.4 Å². The van der Waals surface area contributed by atoms with E-state index in [0.717, 1.165) is 11.8 Å². The average molecular weight is 330 g/mol. The number of amides is 1. The first kappa shape index (κ1) is 15.0. The number of benzene rings is 1. The van der Waals surface area contributed by atoms with Crippen molar-refractivity contribution in [3.05, 3.63) is 60.4 Å². The molecule has 2 heterocycles. The summed E-state index contributed by atoms with van der Waals surface area (Å²) in [6, 6.07) is 11.7. The molecule has 2 N–H and O–H groups in total. The Kier molecular flexibility index (Phi) is 3.75. The van der Waals surface area contributed by atoms with Crippen LogP contribution in [0.5, 0.6) is 0 Å². The molecule has 0 atom stereocenters. The molecule has 1 aromatic carbocycles. The third kappa shape index (κ3) is 3.49. The fourth-order valence-corrected chi connectivity index (χ4v) is 2.68. The van der Waals surface area contributed by atoms with Crippen molar-refractivity contribution >= 4 is 33.1 Å². The molecular weight excluding hydrogens is 316 g/mol. The van der Waals surface area contributed by atoms with E-state index in [4.69, 9.17) is 0 Å². The van der Waals surface area contributed by atoms with Crippen molar-refractivity contribution in [3.63, 3.8) is 0 Å². The maximum atomic E-state index is 12.2. The molecule has 2 aromatic heterocycles. The number of aromatic nitrogens is 2. The quantitative estimate of drug-likeness (QED) is 0.765. The van der Waals surface area contributed by atoms with Gasteiger partial charge in [0.25, 0.3) is 5.91 Å². The Hall–Kier alpha value is -2.87. The number of rotatable bonds is 4. The van der Waals surface area contributed by atoms with E-state index in [0.29, 0.717) is 17.2 Å². The summed E-state index contributed by atoms with van der Waals surface area (Å²) < 4.78 is 26.4. The Morgan fingerprint density at radius 3 is 2.57 bits per heavy atom. The Bertz CT molecular complexity index is 962. The first-order valence-electron chi connectivity index (χ1n) is 6.74. The van der Waals surface area contributed by atoms with E-state index in [-0.39, 0.29) is 5.91 Å². The topological polar surface area (TPSA) is 92.6 Å². The van der Waals surface area contributed by atoms with Gasteiger partial charge in [-0.3, -0.25) is 19.2 Å².